The fourth-order valence-corrected chi connectivity index (χ4v) is 5.69. The predicted molar refractivity (Wildman–Crippen MR) is 126 cm³/mol. The first-order valence-electron chi connectivity index (χ1n) is 10.8. The van der Waals surface area contributed by atoms with Gasteiger partial charge in [0.05, 0.1) is 6.61 Å². The van der Waals surface area contributed by atoms with Gasteiger partial charge in [-0.2, -0.15) is 0 Å². The van der Waals surface area contributed by atoms with Crippen molar-refractivity contribution in [3.63, 3.8) is 0 Å². The molecule has 6 heteroatoms. The summed E-state index contributed by atoms with van der Waals surface area (Å²) in [6.45, 7) is 1.65. The normalized spacial score (nSPS) is 26.1. The van der Waals surface area contributed by atoms with Crippen LogP contribution in [0, 0.1) is 6.92 Å². The zero-order valence-corrected chi connectivity index (χ0v) is 18.5. The van der Waals surface area contributed by atoms with Gasteiger partial charge in [-0.05, 0) is 46.3 Å². The van der Waals surface area contributed by atoms with E-state index in [1.165, 1.54) is 20.5 Å². The predicted octanol–water partition coefficient (Wildman–Crippen LogP) is 3.47. The summed E-state index contributed by atoms with van der Waals surface area (Å²) in [6, 6.07) is 20.7. The topological polar surface area (TPSA) is 90.2 Å². The Hall–Kier alpha value is -2.32. The molecule has 166 valence electrons. The first-order valence-corrected chi connectivity index (χ1v) is 11.6. The number of hydrogen-bond donors (Lipinski definition) is 4. The summed E-state index contributed by atoms with van der Waals surface area (Å²) in [5.41, 5.74) is 3.04. The van der Waals surface area contributed by atoms with Gasteiger partial charge in [-0.3, -0.25) is 0 Å². The van der Waals surface area contributed by atoms with Gasteiger partial charge in [-0.1, -0.05) is 54.1 Å². The number of aliphatic hydroxyl groups excluding tert-OH is 4. The van der Waals surface area contributed by atoms with Crippen LogP contribution in [0.15, 0.2) is 60.7 Å². The van der Waals surface area contributed by atoms with E-state index in [0.717, 1.165) is 28.3 Å². The van der Waals surface area contributed by atoms with Crippen molar-refractivity contribution in [2.75, 3.05) is 6.61 Å². The summed E-state index contributed by atoms with van der Waals surface area (Å²) in [4.78, 5) is 1.24. The Morgan fingerprint density at radius 3 is 2.50 bits per heavy atom. The van der Waals surface area contributed by atoms with Crippen molar-refractivity contribution in [3.05, 3.63) is 82.2 Å². The Morgan fingerprint density at radius 2 is 1.69 bits per heavy atom. The van der Waals surface area contributed by atoms with Gasteiger partial charge in [-0.15, -0.1) is 11.3 Å². The van der Waals surface area contributed by atoms with Gasteiger partial charge in [0.15, 0.2) is 0 Å². The molecule has 5 rings (SSSR count). The largest absolute Gasteiger partial charge is 0.394 e. The van der Waals surface area contributed by atoms with E-state index in [1.54, 1.807) is 11.3 Å². The molecule has 1 fully saturated rings. The van der Waals surface area contributed by atoms with Crippen LogP contribution in [0.5, 0.6) is 0 Å². The molecule has 0 spiro atoms. The quantitative estimate of drug-likeness (QED) is 0.382. The van der Waals surface area contributed by atoms with Gasteiger partial charge in [0.1, 0.15) is 30.5 Å². The second-order valence-electron chi connectivity index (χ2n) is 8.59. The average molecular weight is 451 g/mol. The second kappa shape index (κ2) is 8.56. The summed E-state index contributed by atoms with van der Waals surface area (Å²) >= 11 is 1.77. The molecule has 0 unspecified atom stereocenters. The SMILES string of the molecule is Cc1ccc2sc(Cc3cc([C@@H]4O[C@H](CO)[C@@H](O)[C@@H](O)[C@H]4O)c4ccccc4c3)cc2c1. The van der Waals surface area contributed by atoms with Gasteiger partial charge in [0.25, 0.3) is 0 Å². The number of aliphatic hydroxyl groups is 4. The fraction of sp³-hybridized carbons (Fsp3) is 0.308. The molecule has 0 saturated carbocycles. The molecule has 0 bridgehead atoms. The molecule has 5 atom stereocenters. The summed E-state index contributed by atoms with van der Waals surface area (Å²) < 4.78 is 7.13. The molecule has 0 aliphatic carbocycles. The summed E-state index contributed by atoms with van der Waals surface area (Å²) in [7, 11) is 0. The first kappa shape index (κ1) is 21.5. The van der Waals surface area contributed by atoms with Gasteiger partial charge in [0.2, 0.25) is 0 Å². The fourth-order valence-electron chi connectivity index (χ4n) is 4.61. The third kappa shape index (κ3) is 3.83. The van der Waals surface area contributed by atoms with Crippen LogP contribution in [0.2, 0.25) is 0 Å². The van der Waals surface area contributed by atoms with Gasteiger partial charge in [0, 0.05) is 16.0 Å². The van der Waals surface area contributed by atoms with Crippen molar-refractivity contribution in [3.8, 4) is 0 Å². The molecule has 4 aromatic rings. The minimum Gasteiger partial charge on any atom is -0.394 e. The molecule has 1 saturated heterocycles. The highest BCUT2D eigenvalue weighted by molar-refractivity contribution is 7.19. The lowest BCUT2D eigenvalue weighted by atomic mass is 9.87. The average Bonchev–Trinajstić information content (AvgIpc) is 3.18. The van der Waals surface area contributed by atoms with Crippen LogP contribution in [-0.4, -0.2) is 51.4 Å². The third-order valence-electron chi connectivity index (χ3n) is 6.25. The van der Waals surface area contributed by atoms with E-state index >= 15 is 0 Å². The molecule has 2 heterocycles. The van der Waals surface area contributed by atoms with E-state index in [4.69, 9.17) is 4.74 Å². The lowest BCUT2D eigenvalue weighted by molar-refractivity contribution is -0.231. The number of hydrogen-bond acceptors (Lipinski definition) is 6. The lowest BCUT2D eigenvalue weighted by Crippen LogP contribution is -2.55. The van der Waals surface area contributed by atoms with Crippen molar-refractivity contribution in [1.82, 2.24) is 0 Å². The van der Waals surface area contributed by atoms with Crippen molar-refractivity contribution in [2.45, 2.75) is 43.9 Å². The molecule has 4 N–H and O–H groups in total. The van der Waals surface area contributed by atoms with Crippen molar-refractivity contribution in [1.29, 1.82) is 0 Å². The lowest BCUT2D eigenvalue weighted by Gasteiger charge is -2.40. The van der Waals surface area contributed by atoms with Gasteiger partial charge < -0.3 is 25.2 Å². The monoisotopic (exact) mass is 450 g/mol. The summed E-state index contributed by atoms with van der Waals surface area (Å²) in [5, 5.41) is 44.0. The Kier molecular flexibility index (Phi) is 5.75. The van der Waals surface area contributed by atoms with Crippen LogP contribution in [0.1, 0.15) is 27.7 Å². The highest BCUT2D eigenvalue weighted by atomic mass is 32.1. The molecule has 0 radical (unpaired) electrons. The first-order chi connectivity index (χ1) is 15.4. The number of rotatable bonds is 4. The number of fused-ring (bicyclic) bond motifs is 2. The Morgan fingerprint density at radius 1 is 0.875 bits per heavy atom. The van der Waals surface area contributed by atoms with Crippen molar-refractivity contribution < 1.29 is 25.2 Å². The number of thiophene rings is 1. The Labute approximate surface area is 190 Å². The summed E-state index contributed by atoms with van der Waals surface area (Å²) in [5.74, 6) is 0. The number of benzene rings is 3. The molecule has 0 amide bonds. The molecule has 1 aliphatic heterocycles. The van der Waals surface area contributed by atoms with Crippen LogP contribution in [0.3, 0.4) is 0 Å². The third-order valence-corrected chi connectivity index (χ3v) is 7.37. The Bertz CT molecular complexity index is 1260. The highest BCUT2D eigenvalue weighted by Crippen LogP contribution is 2.37. The van der Waals surface area contributed by atoms with Crippen LogP contribution in [0.4, 0.5) is 0 Å². The van der Waals surface area contributed by atoms with Gasteiger partial charge >= 0.3 is 0 Å². The van der Waals surface area contributed by atoms with E-state index < -0.39 is 37.1 Å². The van der Waals surface area contributed by atoms with Crippen LogP contribution in [0.25, 0.3) is 20.9 Å². The van der Waals surface area contributed by atoms with Crippen molar-refractivity contribution in [2.24, 2.45) is 0 Å². The minimum atomic E-state index is -1.40. The van der Waals surface area contributed by atoms with E-state index in [-0.39, 0.29) is 0 Å². The van der Waals surface area contributed by atoms with E-state index in [0.29, 0.717) is 0 Å². The molecule has 5 nitrogen and oxygen atoms in total. The standard InChI is InChI=1S/C26H26O5S/c1-14-6-7-22-17(8-14)12-18(32-22)10-15-9-16-4-2-3-5-19(16)20(11-15)26-25(30)24(29)23(28)21(13-27)31-26/h2-9,11-12,21,23-30H,10,13H2,1H3/t21-,23-,24-,25-,26+/m1/s1. The molecular formula is C26H26O5S. The molecule has 1 aromatic heterocycles. The van der Waals surface area contributed by atoms with Crippen molar-refractivity contribution >= 4 is 32.2 Å². The van der Waals surface area contributed by atoms with E-state index in [2.05, 4.69) is 37.3 Å². The Balaban J connectivity index is 1.56. The maximum atomic E-state index is 10.7. The zero-order chi connectivity index (χ0) is 22.4. The maximum absolute atomic E-state index is 10.7. The smallest absolute Gasteiger partial charge is 0.113 e. The molecule has 1 aliphatic rings. The van der Waals surface area contributed by atoms with E-state index in [1.807, 2.05) is 30.3 Å². The molecule has 32 heavy (non-hydrogen) atoms. The molecular weight excluding hydrogens is 424 g/mol. The maximum Gasteiger partial charge on any atom is 0.113 e. The zero-order valence-electron chi connectivity index (χ0n) is 17.7. The highest BCUT2D eigenvalue weighted by Gasteiger charge is 2.44. The minimum absolute atomic E-state index is 0.444. The second-order valence-corrected chi connectivity index (χ2v) is 9.75. The van der Waals surface area contributed by atoms with E-state index in [9.17, 15) is 20.4 Å². The summed E-state index contributed by atoms with van der Waals surface area (Å²) in [6.07, 6.45) is -5.15. The van der Waals surface area contributed by atoms with Crippen LogP contribution >= 0.6 is 11.3 Å². The number of ether oxygens (including phenoxy) is 1. The number of aryl methyl sites for hydroxylation is 1. The van der Waals surface area contributed by atoms with Crippen LogP contribution in [-0.2, 0) is 11.2 Å². The molecule has 3 aromatic carbocycles. The van der Waals surface area contributed by atoms with Gasteiger partial charge in [-0.25, -0.2) is 0 Å². The van der Waals surface area contributed by atoms with Crippen LogP contribution < -0.4 is 0 Å².